The largest absolute Gasteiger partial charge is 0.370 e. The van der Waals surface area contributed by atoms with Gasteiger partial charge in [-0.3, -0.25) is 0 Å². The average Bonchev–Trinajstić information content (AvgIpc) is 2.44. The number of aryl methyl sites for hydroxylation is 2. The Bertz CT molecular complexity index is 623. The first kappa shape index (κ1) is 14.4. The van der Waals surface area contributed by atoms with E-state index in [1.165, 1.54) is 0 Å². The maximum Gasteiger partial charge on any atom is 0.133 e. The van der Waals surface area contributed by atoms with Crippen molar-refractivity contribution < 1.29 is 4.39 Å². The number of aromatic nitrogens is 2. The van der Waals surface area contributed by atoms with Crippen LogP contribution in [0.2, 0.25) is 0 Å². The zero-order valence-corrected chi connectivity index (χ0v) is 12.4. The Hall–Kier alpha value is -1.97. The van der Waals surface area contributed by atoms with Crippen molar-refractivity contribution in [3.63, 3.8) is 0 Å². The molecule has 1 aromatic carbocycles. The van der Waals surface area contributed by atoms with Crippen molar-refractivity contribution in [2.24, 2.45) is 0 Å². The van der Waals surface area contributed by atoms with E-state index in [-0.39, 0.29) is 5.82 Å². The molecule has 0 spiro atoms. The number of benzene rings is 1. The molecule has 0 aliphatic rings. The maximum atomic E-state index is 13.8. The summed E-state index contributed by atoms with van der Waals surface area (Å²) in [5.41, 5.74) is 3.18. The first-order chi connectivity index (χ1) is 9.56. The van der Waals surface area contributed by atoms with Gasteiger partial charge in [-0.05, 0) is 32.4 Å². The Kier molecular flexibility index (Phi) is 4.32. The number of hydrogen-bond acceptors (Lipinski definition) is 3. The number of hydrogen-bond donors (Lipinski definition) is 1. The highest BCUT2D eigenvalue weighted by Gasteiger charge is 2.12. The Labute approximate surface area is 119 Å². The fourth-order valence-electron chi connectivity index (χ4n) is 2.08. The van der Waals surface area contributed by atoms with Crippen molar-refractivity contribution >= 4 is 5.82 Å². The molecular weight excluding hydrogens is 253 g/mol. The highest BCUT2D eigenvalue weighted by molar-refractivity contribution is 5.68. The molecule has 2 rings (SSSR count). The molecule has 0 aliphatic heterocycles. The molecule has 0 saturated heterocycles. The Morgan fingerprint density at radius 3 is 2.50 bits per heavy atom. The molecule has 0 amide bonds. The fraction of sp³-hybridized carbons (Fsp3) is 0.375. The number of rotatable bonds is 4. The van der Waals surface area contributed by atoms with Gasteiger partial charge in [-0.2, -0.15) is 0 Å². The minimum Gasteiger partial charge on any atom is -0.370 e. The van der Waals surface area contributed by atoms with Gasteiger partial charge < -0.3 is 5.32 Å². The lowest BCUT2D eigenvalue weighted by Crippen LogP contribution is -2.07. The molecule has 106 valence electrons. The minimum absolute atomic E-state index is 0.205. The van der Waals surface area contributed by atoms with Crippen molar-refractivity contribution in [3.8, 4) is 11.3 Å². The normalized spacial score (nSPS) is 10.7. The fourth-order valence-corrected chi connectivity index (χ4v) is 2.08. The molecule has 0 fully saturated rings. The van der Waals surface area contributed by atoms with Gasteiger partial charge in [-0.25, -0.2) is 14.4 Å². The zero-order valence-electron chi connectivity index (χ0n) is 12.4. The van der Waals surface area contributed by atoms with Crippen LogP contribution in [-0.4, -0.2) is 16.5 Å². The van der Waals surface area contributed by atoms with Crippen LogP contribution >= 0.6 is 0 Å². The molecule has 2 aromatic rings. The van der Waals surface area contributed by atoms with Gasteiger partial charge in [0.15, 0.2) is 0 Å². The molecular formula is C16H20FN3. The summed E-state index contributed by atoms with van der Waals surface area (Å²) < 4.78 is 13.8. The third-order valence-electron chi connectivity index (χ3n) is 3.30. The van der Waals surface area contributed by atoms with Crippen LogP contribution in [0.5, 0.6) is 0 Å². The van der Waals surface area contributed by atoms with Crippen molar-refractivity contribution in [2.45, 2.75) is 34.1 Å². The summed E-state index contributed by atoms with van der Waals surface area (Å²) in [4.78, 5) is 9.05. The molecule has 1 aromatic heterocycles. The van der Waals surface area contributed by atoms with E-state index in [1.807, 2.05) is 26.8 Å². The monoisotopic (exact) mass is 273 g/mol. The number of nitrogens with zero attached hydrogens (tertiary/aromatic N) is 2. The van der Waals surface area contributed by atoms with Crippen molar-refractivity contribution in [2.75, 3.05) is 11.9 Å². The van der Waals surface area contributed by atoms with E-state index in [0.29, 0.717) is 5.56 Å². The van der Waals surface area contributed by atoms with Gasteiger partial charge in [0.05, 0.1) is 5.69 Å². The van der Waals surface area contributed by atoms with Gasteiger partial charge >= 0.3 is 0 Å². The van der Waals surface area contributed by atoms with Crippen LogP contribution in [0.4, 0.5) is 10.2 Å². The predicted molar refractivity (Wildman–Crippen MR) is 80.4 cm³/mol. The predicted octanol–water partition coefficient (Wildman–Crippen LogP) is 3.89. The van der Waals surface area contributed by atoms with Crippen molar-refractivity contribution in [3.05, 3.63) is 41.0 Å². The molecule has 0 radical (unpaired) electrons. The lowest BCUT2D eigenvalue weighted by molar-refractivity contribution is 0.619. The molecule has 0 saturated carbocycles. The van der Waals surface area contributed by atoms with Crippen molar-refractivity contribution in [1.82, 2.24) is 9.97 Å². The topological polar surface area (TPSA) is 37.8 Å². The van der Waals surface area contributed by atoms with Crippen LogP contribution in [0.25, 0.3) is 11.3 Å². The van der Waals surface area contributed by atoms with E-state index in [9.17, 15) is 4.39 Å². The quantitative estimate of drug-likeness (QED) is 0.918. The third-order valence-corrected chi connectivity index (χ3v) is 3.30. The van der Waals surface area contributed by atoms with Gasteiger partial charge in [0.25, 0.3) is 0 Å². The lowest BCUT2D eigenvalue weighted by atomic mass is 10.0. The number of anilines is 1. The van der Waals surface area contributed by atoms with Gasteiger partial charge in [-0.15, -0.1) is 0 Å². The van der Waals surface area contributed by atoms with E-state index in [2.05, 4.69) is 15.3 Å². The molecule has 4 heteroatoms. The van der Waals surface area contributed by atoms with Crippen LogP contribution in [0.15, 0.2) is 18.2 Å². The zero-order chi connectivity index (χ0) is 14.7. The smallest absolute Gasteiger partial charge is 0.133 e. The van der Waals surface area contributed by atoms with Gasteiger partial charge in [0.1, 0.15) is 17.5 Å². The van der Waals surface area contributed by atoms with Crippen molar-refractivity contribution in [1.29, 1.82) is 0 Å². The van der Waals surface area contributed by atoms with Crippen LogP contribution < -0.4 is 5.32 Å². The summed E-state index contributed by atoms with van der Waals surface area (Å²) in [6.45, 7) is 8.55. The van der Waals surface area contributed by atoms with Gasteiger partial charge in [0.2, 0.25) is 0 Å². The second-order valence-electron chi connectivity index (χ2n) is 4.81. The Morgan fingerprint density at radius 2 is 1.90 bits per heavy atom. The number of halogens is 1. The highest BCUT2D eigenvalue weighted by Crippen LogP contribution is 2.27. The van der Waals surface area contributed by atoms with Gasteiger partial charge in [0, 0.05) is 24.1 Å². The summed E-state index contributed by atoms with van der Waals surface area (Å²) in [5.74, 6) is 1.39. The molecule has 1 N–H and O–H groups in total. The third kappa shape index (κ3) is 2.79. The summed E-state index contributed by atoms with van der Waals surface area (Å²) in [6, 6.07) is 5.23. The first-order valence-corrected chi connectivity index (χ1v) is 6.94. The Balaban J connectivity index is 2.59. The van der Waals surface area contributed by atoms with Crippen LogP contribution in [0, 0.1) is 19.7 Å². The molecule has 20 heavy (non-hydrogen) atoms. The summed E-state index contributed by atoms with van der Waals surface area (Å²) in [7, 11) is 0. The Morgan fingerprint density at radius 1 is 1.15 bits per heavy atom. The second kappa shape index (κ2) is 5.99. The molecule has 1 heterocycles. The molecule has 0 aliphatic carbocycles. The summed E-state index contributed by atoms with van der Waals surface area (Å²) in [5, 5.41) is 3.24. The first-order valence-electron chi connectivity index (χ1n) is 6.94. The van der Waals surface area contributed by atoms with E-state index in [4.69, 9.17) is 0 Å². The standard InChI is InChI=1S/C16H20FN3/c1-5-14-19-15(11(4)16(20-14)18-6-2)12-8-7-10(3)13(17)9-12/h7-9H,5-6H2,1-4H3,(H,18,19,20). The van der Waals surface area contributed by atoms with Crippen LogP contribution in [-0.2, 0) is 6.42 Å². The molecule has 0 unspecified atom stereocenters. The molecule has 3 nitrogen and oxygen atoms in total. The van der Waals surface area contributed by atoms with E-state index >= 15 is 0 Å². The van der Waals surface area contributed by atoms with Gasteiger partial charge in [-0.1, -0.05) is 19.1 Å². The summed E-state index contributed by atoms with van der Waals surface area (Å²) in [6.07, 6.45) is 0.750. The summed E-state index contributed by atoms with van der Waals surface area (Å²) >= 11 is 0. The highest BCUT2D eigenvalue weighted by atomic mass is 19.1. The average molecular weight is 273 g/mol. The SMILES string of the molecule is CCNc1nc(CC)nc(-c2ccc(C)c(F)c2)c1C. The molecule has 0 atom stereocenters. The molecule has 0 bridgehead atoms. The van der Waals surface area contributed by atoms with Crippen LogP contribution in [0.3, 0.4) is 0 Å². The minimum atomic E-state index is -0.205. The second-order valence-corrected chi connectivity index (χ2v) is 4.81. The lowest BCUT2D eigenvalue weighted by Gasteiger charge is -2.13. The van der Waals surface area contributed by atoms with E-state index in [1.54, 1.807) is 19.1 Å². The van der Waals surface area contributed by atoms with E-state index < -0.39 is 0 Å². The van der Waals surface area contributed by atoms with E-state index in [0.717, 1.165) is 41.4 Å². The van der Waals surface area contributed by atoms with Crippen LogP contribution in [0.1, 0.15) is 30.8 Å². The maximum absolute atomic E-state index is 13.8. The number of nitrogens with one attached hydrogen (secondary N) is 1.